The van der Waals surface area contributed by atoms with Crippen molar-refractivity contribution >= 4 is 17.3 Å². The average Bonchev–Trinajstić information content (AvgIpc) is 2.94. The lowest BCUT2D eigenvalue weighted by Gasteiger charge is -2.09. The van der Waals surface area contributed by atoms with E-state index in [9.17, 15) is 13.6 Å². The topological polar surface area (TPSA) is 74.3 Å². The number of hydrogen-bond acceptors (Lipinski definition) is 5. The maximum absolute atomic E-state index is 13.3. The fourth-order valence-electron chi connectivity index (χ4n) is 2.36. The summed E-state index contributed by atoms with van der Waals surface area (Å²) < 4.78 is 28.8. The van der Waals surface area contributed by atoms with Gasteiger partial charge in [-0.15, -0.1) is 0 Å². The van der Waals surface area contributed by atoms with Crippen LogP contribution < -0.4 is 5.69 Å². The monoisotopic (exact) mass is 393 g/mol. The first kappa shape index (κ1) is 18.7. The third-order valence-electron chi connectivity index (χ3n) is 3.73. The van der Waals surface area contributed by atoms with Gasteiger partial charge in [-0.2, -0.15) is 9.36 Å². The van der Waals surface area contributed by atoms with Crippen LogP contribution in [0.2, 0.25) is 5.02 Å². The van der Waals surface area contributed by atoms with Crippen molar-refractivity contribution in [3.63, 3.8) is 0 Å². The highest BCUT2D eigenvalue weighted by molar-refractivity contribution is 6.31. The van der Waals surface area contributed by atoms with Crippen molar-refractivity contribution in [2.45, 2.75) is 13.5 Å². The Hall–Kier alpha value is -3.07. The van der Waals surface area contributed by atoms with Crippen LogP contribution in [0.25, 0.3) is 5.69 Å². The summed E-state index contributed by atoms with van der Waals surface area (Å²) in [5, 5.41) is 11.7. The molecule has 27 heavy (non-hydrogen) atoms. The number of aryl methyl sites for hydroxylation is 1. The summed E-state index contributed by atoms with van der Waals surface area (Å²) in [4.78, 5) is 17.4. The van der Waals surface area contributed by atoms with Gasteiger partial charge in [0.25, 0.3) is 0 Å². The largest absolute Gasteiger partial charge is 0.391 e. The van der Waals surface area contributed by atoms with Crippen LogP contribution in [-0.2, 0) is 18.5 Å². The van der Waals surface area contributed by atoms with Crippen LogP contribution in [0.5, 0.6) is 0 Å². The van der Waals surface area contributed by atoms with Crippen molar-refractivity contribution in [2.75, 3.05) is 0 Å². The molecule has 1 aromatic heterocycles. The van der Waals surface area contributed by atoms with Crippen molar-refractivity contribution < 1.29 is 13.6 Å². The second-order valence-corrected chi connectivity index (χ2v) is 6.05. The van der Waals surface area contributed by atoms with Crippen LogP contribution in [-0.4, -0.2) is 25.5 Å². The fraction of sp³-hybridized carbons (Fsp3) is 0.176. The molecule has 0 aliphatic carbocycles. The van der Waals surface area contributed by atoms with Gasteiger partial charge in [-0.25, -0.2) is 13.6 Å². The summed E-state index contributed by atoms with van der Waals surface area (Å²) in [5.74, 6) is -1.43. The first-order valence-electron chi connectivity index (χ1n) is 7.76. The van der Waals surface area contributed by atoms with E-state index in [1.807, 2.05) is 0 Å². The van der Waals surface area contributed by atoms with Gasteiger partial charge in [0.1, 0.15) is 18.2 Å². The van der Waals surface area contributed by atoms with Gasteiger partial charge in [0.15, 0.2) is 0 Å². The van der Waals surface area contributed by atoms with Gasteiger partial charge in [0.05, 0.1) is 11.4 Å². The van der Waals surface area contributed by atoms with Gasteiger partial charge in [0, 0.05) is 29.3 Å². The van der Waals surface area contributed by atoms with Crippen molar-refractivity contribution in [1.82, 2.24) is 19.8 Å². The van der Waals surface area contributed by atoms with Crippen LogP contribution in [0.15, 0.2) is 46.3 Å². The molecule has 0 spiro atoms. The Kier molecular flexibility index (Phi) is 5.31. The number of tetrazole rings is 1. The molecule has 0 N–H and O–H groups in total. The number of halogens is 3. The summed E-state index contributed by atoms with van der Waals surface area (Å²) >= 11 is 6.21. The molecular weight excluding hydrogens is 380 g/mol. The molecular formula is C17H14ClF2N5O2. The minimum Gasteiger partial charge on any atom is -0.391 e. The highest BCUT2D eigenvalue weighted by Crippen LogP contribution is 2.23. The predicted molar refractivity (Wildman–Crippen MR) is 95.0 cm³/mol. The summed E-state index contributed by atoms with van der Waals surface area (Å²) in [7, 11) is 1.47. The normalized spacial score (nSPS) is 11.7. The minimum atomic E-state index is -0.713. The standard InChI is InChI=1S/C17H14ClF2N5O2/c1-10(11-6-12(19)8-13(20)7-11)21-27-9-14-15(18)4-3-5-16(14)25-17(26)24(2)22-23-25/h3-8H,9H2,1-2H3/b21-10-. The SMILES string of the molecule is C/C(=N/OCc1c(Cl)cccc1-n1nnn(C)c1=O)c1cc(F)cc(F)c1. The van der Waals surface area contributed by atoms with E-state index < -0.39 is 17.3 Å². The third-order valence-corrected chi connectivity index (χ3v) is 4.09. The van der Waals surface area contributed by atoms with E-state index in [2.05, 4.69) is 15.6 Å². The highest BCUT2D eigenvalue weighted by atomic mass is 35.5. The zero-order chi connectivity index (χ0) is 19.6. The van der Waals surface area contributed by atoms with Crippen LogP contribution >= 0.6 is 11.6 Å². The van der Waals surface area contributed by atoms with Crippen LogP contribution in [0, 0.1) is 11.6 Å². The van der Waals surface area contributed by atoms with Crippen molar-refractivity contribution in [2.24, 2.45) is 12.2 Å². The van der Waals surface area contributed by atoms with E-state index in [-0.39, 0.29) is 17.9 Å². The number of hydrogen-bond donors (Lipinski definition) is 0. The Morgan fingerprint density at radius 2 is 1.93 bits per heavy atom. The van der Waals surface area contributed by atoms with Crippen LogP contribution in [0.3, 0.4) is 0 Å². The average molecular weight is 394 g/mol. The molecule has 0 unspecified atom stereocenters. The summed E-state index contributed by atoms with van der Waals surface area (Å²) in [6, 6.07) is 7.98. The molecule has 0 bridgehead atoms. The Balaban J connectivity index is 1.86. The van der Waals surface area contributed by atoms with Gasteiger partial charge in [-0.05, 0) is 41.6 Å². The van der Waals surface area contributed by atoms with Crippen LogP contribution in [0.1, 0.15) is 18.1 Å². The molecule has 0 fully saturated rings. The smallest absolute Gasteiger partial charge is 0.368 e. The zero-order valence-corrected chi connectivity index (χ0v) is 15.1. The first-order chi connectivity index (χ1) is 12.9. The minimum absolute atomic E-state index is 0.0901. The Labute approximate surface area is 157 Å². The molecule has 0 aliphatic rings. The molecule has 0 aliphatic heterocycles. The molecule has 1 heterocycles. The molecule has 7 nitrogen and oxygen atoms in total. The number of oxime groups is 1. The quantitative estimate of drug-likeness (QED) is 0.493. The summed E-state index contributed by atoms with van der Waals surface area (Å²) in [6.07, 6.45) is 0. The summed E-state index contributed by atoms with van der Waals surface area (Å²) in [6.45, 7) is 1.46. The van der Waals surface area contributed by atoms with Gasteiger partial charge >= 0.3 is 5.69 Å². The van der Waals surface area contributed by atoms with Gasteiger partial charge < -0.3 is 4.84 Å². The van der Waals surface area contributed by atoms with E-state index in [1.165, 1.54) is 7.05 Å². The second kappa shape index (κ2) is 7.67. The van der Waals surface area contributed by atoms with Crippen molar-refractivity contribution in [1.29, 1.82) is 0 Å². The highest BCUT2D eigenvalue weighted by Gasteiger charge is 2.14. The van der Waals surface area contributed by atoms with Gasteiger partial charge in [-0.1, -0.05) is 22.8 Å². The molecule has 3 rings (SSSR count). The first-order valence-corrected chi connectivity index (χ1v) is 8.14. The van der Waals surface area contributed by atoms with E-state index in [0.29, 0.717) is 16.3 Å². The second-order valence-electron chi connectivity index (χ2n) is 5.64. The molecule has 0 amide bonds. The number of nitrogens with zero attached hydrogens (tertiary/aromatic N) is 5. The van der Waals surface area contributed by atoms with Crippen molar-refractivity contribution in [3.8, 4) is 5.69 Å². The van der Waals surface area contributed by atoms with Crippen molar-refractivity contribution in [3.05, 3.63) is 74.7 Å². The number of benzene rings is 2. The molecule has 3 aromatic rings. The lowest BCUT2D eigenvalue weighted by molar-refractivity contribution is 0.130. The molecule has 0 atom stereocenters. The lowest BCUT2D eigenvalue weighted by atomic mass is 10.1. The van der Waals surface area contributed by atoms with Gasteiger partial charge in [0.2, 0.25) is 0 Å². The fourth-order valence-corrected chi connectivity index (χ4v) is 2.59. The van der Waals surface area contributed by atoms with E-state index in [1.54, 1.807) is 25.1 Å². The van der Waals surface area contributed by atoms with Crippen LogP contribution in [0.4, 0.5) is 8.78 Å². The predicted octanol–water partition coefficient (Wildman–Crippen LogP) is 2.84. The molecule has 0 radical (unpaired) electrons. The maximum atomic E-state index is 13.3. The molecule has 2 aromatic carbocycles. The maximum Gasteiger partial charge on any atom is 0.368 e. The Morgan fingerprint density at radius 1 is 1.22 bits per heavy atom. The Bertz CT molecular complexity index is 1060. The number of aromatic nitrogens is 4. The molecule has 0 saturated heterocycles. The Morgan fingerprint density at radius 3 is 2.56 bits per heavy atom. The zero-order valence-electron chi connectivity index (χ0n) is 14.4. The lowest BCUT2D eigenvalue weighted by Crippen LogP contribution is -2.23. The molecule has 140 valence electrons. The number of rotatable bonds is 5. The van der Waals surface area contributed by atoms with Gasteiger partial charge in [-0.3, -0.25) is 0 Å². The molecule has 10 heteroatoms. The molecule has 0 saturated carbocycles. The van der Waals surface area contributed by atoms with E-state index in [4.69, 9.17) is 16.4 Å². The van der Waals surface area contributed by atoms with E-state index >= 15 is 0 Å². The van der Waals surface area contributed by atoms with E-state index in [0.717, 1.165) is 27.6 Å². The third kappa shape index (κ3) is 4.03. The summed E-state index contributed by atoms with van der Waals surface area (Å²) in [5.41, 5.74) is 0.929.